The third-order valence-electron chi connectivity index (χ3n) is 0.524. The Labute approximate surface area is 60.0 Å². The van der Waals surface area contributed by atoms with Gasteiger partial charge in [-0.3, -0.25) is 0 Å². The third-order valence-corrected chi connectivity index (χ3v) is 0.524. The Morgan fingerprint density at radius 1 is 1.90 bits per heavy atom. The van der Waals surface area contributed by atoms with E-state index in [4.69, 9.17) is 15.9 Å². The summed E-state index contributed by atoms with van der Waals surface area (Å²) in [6.07, 6.45) is 0.421. The van der Waals surface area contributed by atoms with Crippen molar-refractivity contribution in [3.05, 3.63) is 12.7 Å². The van der Waals surface area contributed by atoms with Crippen molar-refractivity contribution in [2.75, 3.05) is 6.54 Å². The van der Waals surface area contributed by atoms with Crippen LogP contribution in [0.5, 0.6) is 0 Å². The molecule has 0 aromatic carbocycles. The van der Waals surface area contributed by atoms with Crippen LogP contribution in [0.4, 0.5) is 0 Å². The van der Waals surface area contributed by atoms with Gasteiger partial charge in [0.2, 0.25) is 0 Å². The zero-order valence-corrected chi connectivity index (χ0v) is 5.95. The van der Waals surface area contributed by atoms with Crippen molar-refractivity contribution < 1.29 is 15.0 Å². The molecule has 0 rings (SSSR count). The first-order valence-corrected chi connectivity index (χ1v) is 2.78. The lowest BCUT2D eigenvalue weighted by molar-refractivity contribution is -0.145. The number of carbonyl (C=O) groups is 1. The molecule has 1 atom stereocenters. The van der Waals surface area contributed by atoms with E-state index in [1.165, 1.54) is 6.92 Å². The first-order valence-electron chi connectivity index (χ1n) is 2.78. The van der Waals surface area contributed by atoms with Crippen LogP contribution in [-0.2, 0) is 4.79 Å². The van der Waals surface area contributed by atoms with E-state index in [0.29, 0.717) is 6.54 Å². The number of aliphatic hydroxyl groups excluding tert-OH is 1. The van der Waals surface area contributed by atoms with Crippen LogP contribution in [0.1, 0.15) is 6.92 Å². The minimum atomic E-state index is -1.23. The molecule has 0 aromatic rings. The van der Waals surface area contributed by atoms with Gasteiger partial charge < -0.3 is 15.9 Å². The molecule has 0 fully saturated rings. The largest absolute Gasteiger partial charge is 0.479 e. The molecule has 0 saturated heterocycles. The van der Waals surface area contributed by atoms with E-state index in [0.717, 1.165) is 0 Å². The molecule has 0 aliphatic rings. The van der Waals surface area contributed by atoms with Crippen LogP contribution in [0.15, 0.2) is 12.7 Å². The predicted octanol–water partition coefficient (Wildman–Crippen LogP) is -0.417. The standard InChI is InChI=1S/C3H7N.C3H6O3/c1-2-3-4;1-2(4)3(5)6/h2H,1,3-4H2;2,4H,1H3,(H,5,6). The third kappa shape index (κ3) is 15.7. The van der Waals surface area contributed by atoms with Gasteiger partial charge in [0.1, 0.15) is 6.10 Å². The van der Waals surface area contributed by atoms with Gasteiger partial charge in [-0.15, -0.1) is 6.58 Å². The molecule has 0 heterocycles. The molecule has 4 nitrogen and oxygen atoms in total. The van der Waals surface area contributed by atoms with Crippen LogP contribution in [0.2, 0.25) is 0 Å². The van der Waals surface area contributed by atoms with Crippen molar-refractivity contribution in [3.63, 3.8) is 0 Å². The summed E-state index contributed by atoms with van der Waals surface area (Å²) in [7, 11) is 0. The zero-order chi connectivity index (χ0) is 8.57. The number of aliphatic hydroxyl groups is 1. The Morgan fingerprint density at radius 3 is 2.10 bits per heavy atom. The van der Waals surface area contributed by atoms with E-state index in [1.54, 1.807) is 6.08 Å². The number of hydrogen-bond acceptors (Lipinski definition) is 3. The molecule has 1 unspecified atom stereocenters. The molecule has 0 saturated carbocycles. The summed E-state index contributed by atoms with van der Waals surface area (Å²) in [5.74, 6) is -1.19. The van der Waals surface area contributed by atoms with Crippen molar-refractivity contribution >= 4 is 5.97 Å². The molecular formula is C6H13NO3. The molecule has 60 valence electrons. The van der Waals surface area contributed by atoms with Gasteiger partial charge in [-0.25, -0.2) is 4.79 Å². The molecule has 0 bridgehead atoms. The minimum absolute atomic E-state index is 0.583. The summed E-state index contributed by atoms with van der Waals surface area (Å²) >= 11 is 0. The van der Waals surface area contributed by atoms with Crippen LogP contribution in [0, 0.1) is 0 Å². The zero-order valence-electron chi connectivity index (χ0n) is 5.95. The smallest absolute Gasteiger partial charge is 0.332 e. The van der Waals surface area contributed by atoms with Gasteiger partial charge in [0.05, 0.1) is 0 Å². The van der Waals surface area contributed by atoms with Gasteiger partial charge in [-0.2, -0.15) is 0 Å². The molecular weight excluding hydrogens is 134 g/mol. The number of rotatable bonds is 2. The Kier molecular flexibility index (Phi) is 9.65. The highest BCUT2D eigenvalue weighted by atomic mass is 16.4. The molecule has 0 amide bonds. The second-order valence-electron chi connectivity index (χ2n) is 1.54. The highest BCUT2D eigenvalue weighted by Crippen LogP contribution is 1.73. The predicted molar refractivity (Wildman–Crippen MR) is 38.6 cm³/mol. The number of aliphatic carboxylic acids is 1. The molecule has 0 aliphatic heterocycles. The van der Waals surface area contributed by atoms with Crippen LogP contribution < -0.4 is 5.73 Å². The van der Waals surface area contributed by atoms with Crippen LogP contribution in [0.25, 0.3) is 0 Å². The van der Waals surface area contributed by atoms with E-state index in [-0.39, 0.29) is 0 Å². The fourth-order valence-corrected chi connectivity index (χ4v) is 0. The second kappa shape index (κ2) is 8.13. The highest BCUT2D eigenvalue weighted by Gasteiger charge is 2.01. The van der Waals surface area contributed by atoms with Crippen LogP contribution in [-0.4, -0.2) is 28.8 Å². The van der Waals surface area contributed by atoms with Gasteiger partial charge in [0.25, 0.3) is 0 Å². The first kappa shape index (κ1) is 11.9. The van der Waals surface area contributed by atoms with Crippen LogP contribution in [0.3, 0.4) is 0 Å². The van der Waals surface area contributed by atoms with E-state index in [9.17, 15) is 4.79 Å². The Balaban J connectivity index is 0. The average molecular weight is 147 g/mol. The SMILES string of the molecule is C=CCN.CC(O)C(=O)O. The molecule has 0 radical (unpaired) electrons. The Bertz CT molecular complexity index is 101. The Morgan fingerprint density at radius 2 is 2.10 bits per heavy atom. The van der Waals surface area contributed by atoms with Gasteiger partial charge in [0, 0.05) is 6.54 Å². The number of hydrogen-bond donors (Lipinski definition) is 3. The van der Waals surface area contributed by atoms with E-state index < -0.39 is 12.1 Å². The lowest BCUT2D eigenvalue weighted by Crippen LogP contribution is -2.13. The van der Waals surface area contributed by atoms with Crippen molar-refractivity contribution in [1.82, 2.24) is 0 Å². The summed E-state index contributed by atoms with van der Waals surface area (Å²) in [6.45, 7) is 5.13. The van der Waals surface area contributed by atoms with Gasteiger partial charge in [0.15, 0.2) is 0 Å². The monoisotopic (exact) mass is 147 g/mol. The first-order chi connectivity index (χ1) is 4.56. The number of carboxylic acids is 1. The molecule has 0 spiro atoms. The van der Waals surface area contributed by atoms with Crippen molar-refractivity contribution in [1.29, 1.82) is 0 Å². The maximum Gasteiger partial charge on any atom is 0.332 e. The Hall–Kier alpha value is -0.870. The van der Waals surface area contributed by atoms with Crippen molar-refractivity contribution in [3.8, 4) is 0 Å². The maximum atomic E-state index is 9.45. The summed E-state index contributed by atoms with van der Waals surface area (Å²) in [5.41, 5.74) is 4.91. The summed E-state index contributed by atoms with van der Waals surface area (Å²) in [6, 6.07) is 0. The van der Waals surface area contributed by atoms with Gasteiger partial charge in [-0.05, 0) is 6.92 Å². The average Bonchev–Trinajstić information content (AvgIpc) is 1.89. The summed E-state index contributed by atoms with van der Waals surface area (Å²) in [5, 5.41) is 15.8. The molecule has 0 aliphatic carbocycles. The highest BCUT2D eigenvalue weighted by molar-refractivity contribution is 5.71. The number of nitrogens with two attached hydrogens (primary N) is 1. The molecule has 4 heteroatoms. The van der Waals surface area contributed by atoms with Crippen molar-refractivity contribution in [2.24, 2.45) is 5.73 Å². The van der Waals surface area contributed by atoms with E-state index in [1.807, 2.05) is 0 Å². The minimum Gasteiger partial charge on any atom is -0.479 e. The second-order valence-corrected chi connectivity index (χ2v) is 1.54. The molecule has 10 heavy (non-hydrogen) atoms. The normalized spacial score (nSPS) is 10.7. The lowest BCUT2D eigenvalue weighted by atomic mass is 10.4. The lowest BCUT2D eigenvalue weighted by Gasteiger charge is -1.89. The maximum absolute atomic E-state index is 9.45. The van der Waals surface area contributed by atoms with Gasteiger partial charge >= 0.3 is 5.97 Å². The fourth-order valence-electron chi connectivity index (χ4n) is 0. The quantitative estimate of drug-likeness (QED) is 0.463. The summed E-state index contributed by atoms with van der Waals surface area (Å²) < 4.78 is 0. The fraction of sp³-hybridized carbons (Fsp3) is 0.500. The van der Waals surface area contributed by atoms with Crippen molar-refractivity contribution in [2.45, 2.75) is 13.0 Å². The molecule has 4 N–H and O–H groups in total. The molecule has 0 aromatic heterocycles. The van der Waals surface area contributed by atoms with E-state index >= 15 is 0 Å². The number of carboxylic acid groups (broad SMARTS) is 1. The topological polar surface area (TPSA) is 83.5 Å². The van der Waals surface area contributed by atoms with Crippen LogP contribution >= 0.6 is 0 Å². The summed E-state index contributed by atoms with van der Waals surface area (Å²) in [4.78, 5) is 9.45. The van der Waals surface area contributed by atoms with E-state index in [2.05, 4.69) is 6.58 Å². The van der Waals surface area contributed by atoms with Gasteiger partial charge in [-0.1, -0.05) is 6.08 Å².